The van der Waals surface area contributed by atoms with Gasteiger partial charge >= 0.3 is 106 Å². The molecule has 0 aromatic carbocycles. The molecule has 10 heteroatoms. The molecule has 0 saturated carbocycles. The van der Waals surface area contributed by atoms with Gasteiger partial charge in [-0.1, -0.05) is 0 Å². The summed E-state index contributed by atoms with van der Waals surface area (Å²) in [6.45, 7) is 0. The van der Waals surface area contributed by atoms with Crippen molar-refractivity contribution < 1.29 is 88.6 Å². The first-order valence-electron chi connectivity index (χ1n) is 1.11. The average Bonchev–Trinajstić information content (AvgIpc) is 1.70. The Hall–Kier alpha value is 2.44. The Kier molecular flexibility index (Phi) is 96.3. The number of hydrogen-bond donors (Lipinski definition) is 0. The maximum absolute atomic E-state index is 8.43. The van der Waals surface area contributed by atoms with Crippen molar-refractivity contribution in [3.8, 4) is 0 Å². The van der Waals surface area contributed by atoms with Crippen molar-refractivity contribution in [1.82, 2.24) is 0 Å². The van der Waals surface area contributed by atoms with Crippen molar-refractivity contribution in [3.63, 3.8) is 0 Å². The predicted molar refractivity (Wildman–Crippen MR) is 9.01 cm³/mol. The summed E-state index contributed by atoms with van der Waals surface area (Å²) in [7, 11) is 0. The van der Waals surface area contributed by atoms with Crippen LogP contribution in [0.25, 0.3) is 0 Å². The van der Waals surface area contributed by atoms with E-state index in [4.69, 9.17) is 15.8 Å². The van der Waals surface area contributed by atoms with Gasteiger partial charge in [-0.2, -0.15) is 0 Å². The maximum atomic E-state index is 8.43. The number of rotatable bonds is 0. The fraction of sp³-hybridized carbons (Fsp3) is 0. The first-order chi connectivity index (χ1) is 4.24. The van der Waals surface area contributed by atoms with E-state index < -0.39 is 0 Å². The fourth-order valence-corrected chi connectivity index (χ4v) is 0. The van der Waals surface area contributed by atoms with Crippen molar-refractivity contribution in [2.45, 2.75) is 0 Å². The molecule has 0 aromatic rings. The van der Waals surface area contributed by atoms with Gasteiger partial charge in [0.15, 0.2) is 0 Å². The topological polar surface area (TPSA) is 96.9 Å². The molecule has 0 heterocycles. The summed E-state index contributed by atoms with van der Waals surface area (Å²) < 4.78 is 9.00. The molecule has 0 rings (SSSR count). The van der Waals surface area contributed by atoms with E-state index in [2.05, 4.69) is 10.4 Å². The second kappa shape index (κ2) is 42.2. The van der Waals surface area contributed by atoms with E-state index in [1.54, 1.807) is 0 Å². The van der Waals surface area contributed by atoms with Gasteiger partial charge in [-0.05, 0) is 0 Å². The second-order valence-corrected chi connectivity index (χ2v) is 1.03. The van der Waals surface area contributed by atoms with Gasteiger partial charge in [-0.25, -0.2) is 0 Å². The molecule has 0 unspecified atom stereocenters. The van der Waals surface area contributed by atoms with Crippen molar-refractivity contribution in [1.29, 1.82) is 0 Å². The molecule has 0 spiro atoms. The van der Waals surface area contributed by atoms with Crippen LogP contribution in [-0.4, -0.2) is 17.4 Å². The molecule has 0 saturated heterocycles. The van der Waals surface area contributed by atoms with Crippen LogP contribution in [-0.2, 0) is 72.9 Å². The molecule has 51 valence electrons. The van der Waals surface area contributed by atoms with Crippen LogP contribution >= 0.6 is 0 Å². The van der Waals surface area contributed by atoms with Gasteiger partial charge in [-0.3, -0.25) is 0 Å². The van der Waals surface area contributed by atoms with Crippen molar-refractivity contribution >= 4 is 17.4 Å². The van der Waals surface area contributed by atoms with Gasteiger partial charge in [0.2, 0.25) is 0 Å². The Morgan fingerprint density at radius 2 is 0.700 bits per heavy atom. The summed E-state index contributed by atoms with van der Waals surface area (Å²) in [4.78, 5) is 0. The molecule has 0 atom stereocenters. The fourth-order valence-electron chi connectivity index (χ4n) is 0. The zero-order valence-electron chi connectivity index (χ0n) is 4.53. The van der Waals surface area contributed by atoms with Crippen molar-refractivity contribution in [2.75, 3.05) is 0 Å². The van der Waals surface area contributed by atoms with Crippen molar-refractivity contribution in [3.05, 3.63) is 0 Å². The monoisotopic (exact) mass is 267 g/mol. The van der Waals surface area contributed by atoms with Gasteiger partial charge in [0.05, 0.1) is 0 Å². The van der Waals surface area contributed by atoms with Crippen LogP contribution in [0.5, 0.6) is 0 Å². The number of hydrogen-bond acceptors (Lipinski definition) is 6. The molecular weight excluding hydrogens is 267 g/mol. The van der Waals surface area contributed by atoms with E-state index in [0.29, 0.717) is 0 Å². The third-order valence-corrected chi connectivity index (χ3v) is 0. The van der Waals surface area contributed by atoms with E-state index in [1.807, 2.05) is 0 Å². The van der Waals surface area contributed by atoms with Crippen LogP contribution in [0.15, 0.2) is 0 Å². The van der Waals surface area contributed by atoms with Crippen LogP contribution in [0, 0.1) is 0 Å². The van der Waals surface area contributed by atoms with Gasteiger partial charge in [0, 0.05) is 0 Å². The zero-order valence-corrected chi connectivity index (χ0v) is 10.4. The summed E-state index contributed by atoms with van der Waals surface area (Å²) in [6.07, 6.45) is 0. The van der Waals surface area contributed by atoms with Gasteiger partial charge < -0.3 is 0 Å². The third-order valence-electron chi connectivity index (χ3n) is 0. The molecule has 0 aliphatic rings. The Balaban J connectivity index is -0.0000000257. The molecule has 0 N–H and O–H groups in total. The Bertz CT molecular complexity index is 17.7. The van der Waals surface area contributed by atoms with Crippen molar-refractivity contribution in [2.24, 2.45) is 0 Å². The Labute approximate surface area is 105 Å². The summed E-state index contributed by atoms with van der Waals surface area (Å²) in [6, 6.07) is 0. The van der Waals surface area contributed by atoms with Crippen LogP contribution in [0.1, 0.15) is 0 Å². The normalized spacial score (nSPS) is 4.80. The minimum atomic E-state index is 0. The summed E-state index contributed by atoms with van der Waals surface area (Å²) >= 11 is 3.21. The second-order valence-electron chi connectivity index (χ2n) is 0.250. The standard InChI is InChI=1S/Al.3O2.3Ti/c;3*1-2;;;/q+3;3*-2;3*+1. The molecule has 0 radical (unpaired) electrons. The molecular formula is AlO6Ti3. The molecule has 0 fully saturated rings. The molecule has 0 amide bonds. The van der Waals surface area contributed by atoms with E-state index in [-0.39, 0.29) is 17.4 Å². The van der Waals surface area contributed by atoms with E-state index in [1.165, 1.54) is 0 Å². The Morgan fingerprint density at radius 3 is 0.700 bits per heavy atom. The minimum absolute atomic E-state index is 0. The summed E-state index contributed by atoms with van der Waals surface area (Å²) in [5.74, 6) is 0. The molecule has 0 aromatic heterocycles. The van der Waals surface area contributed by atoms with Crippen LogP contribution in [0.2, 0.25) is 0 Å². The molecule has 0 aliphatic heterocycles. The first kappa shape index (κ1) is 22.9. The zero-order chi connectivity index (χ0) is 8.12. The van der Waals surface area contributed by atoms with Gasteiger partial charge in [0.1, 0.15) is 0 Å². The van der Waals surface area contributed by atoms with Crippen LogP contribution in [0.4, 0.5) is 0 Å². The third kappa shape index (κ3) is 157. The molecule has 0 bridgehead atoms. The average molecular weight is 267 g/mol. The predicted octanol–water partition coefficient (Wildman–Crippen LogP) is -4.16. The SMILES string of the molecule is [Al+3].[O-][O][Ti].[O-][O][Ti].[O-][O][Ti]. The van der Waals surface area contributed by atoms with Crippen LogP contribution < -0.4 is 15.8 Å². The van der Waals surface area contributed by atoms with Crippen LogP contribution in [0.3, 0.4) is 0 Å². The molecule has 10 heavy (non-hydrogen) atoms. The van der Waals surface area contributed by atoms with E-state index >= 15 is 0 Å². The Morgan fingerprint density at radius 1 is 0.700 bits per heavy atom. The summed E-state index contributed by atoms with van der Waals surface area (Å²) in [5, 5.41) is 25.3. The molecule has 0 aliphatic carbocycles. The van der Waals surface area contributed by atoms with Gasteiger partial charge in [0.25, 0.3) is 0 Å². The quantitative estimate of drug-likeness (QED) is 0.251. The van der Waals surface area contributed by atoms with E-state index in [0.717, 1.165) is 62.5 Å². The first-order valence-corrected chi connectivity index (χ1v) is 3.02. The summed E-state index contributed by atoms with van der Waals surface area (Å²) in [5.41, 5.74) is 0. The molecule has 6 nitrogen and oxygen atoms in total. The van der Waals surface area contributed by atoms with E-state index in [9.17, 15) is 0 Å². The van der Waals surface area contributed by atoms with Gasteiger partial charge in [-0.15, -0.1) is 0 Å².